The second-order valence-corrected chi connectivity index (χ2v) is 4.42. The first-order valence-corrected chi connectivity index (χ1v) is 6.38. The SMILES string of the molecule is CCCn1nccc1Nc1nc(C)nc2cc[nH]c12. The maximum Gasteiger partial charge on any atom is 0.159 e. The molecule has 0 aromatic carbocycles. The Kier molecular flexibility index (Phi) is 2.91. The predicted molar refractivity (Wildman–Crippen MR) is 74.4 cm³/mol. The topological polar surface area (TPSA) is 71.4 Å². The molecule has 0 fully saturated rings. The molecule has 6 nitrogen and oxygen atoms in total. The Morgan fingerprint density at radius 1 is 1.32 bits per heavy atom. The Bertz CT molecular complexity index is 696. The smallest absolute Gasteiger partial charge is 0.159 e. The van der Waals surface area contributed by atoms with Gasteiger partial charge in [-0.1, -0.05) is 6.92 Å². The van der Waals surface area contributed by atoms with Gasteiger partial charge in [0.15, 0.2) is 5.82 Å². The van der Waals surface area contributed by atoms with Gasteiger partial charge in [0.1, 0.15) is 17.2 Å². The summed E-state index contributed by atoms with van der Waals surface area (Å²) in [5.74, 6) is 2.47. The summed E-state index contributed by atoms with van der Waals surface area (Å²) >= 11 is 0. The van der Waals surface area contributed by atoms with Crippen LogP contribution in [0.1, 0.15) is 19.2 Å². The van der Waals surface area contributed by atoms with Crippen LogP contribution in [-0.2, 0) is 6.54 Å². The summed E-state index contributed by atoms with van der Waals surface area (Å²) in [6.07, 6.45) is 4.70. The lowest BCUT2D eigenvalue weighted by Gasteiger charge is -2.09. The minimum atomic E-state index is 0.746. The molecule has 0 amide bonds. The fourth-order valence-corrected chi connectivity index (χ4v) is 2.10. The normalized spacial score (nSPS) is 11.1. The fraction of sp³-hybridized carbons (Fsp3) is 0.308. The fourth-order valence-electron chi connectivity index (χ4n) is 2.10. The molecule has 0 aliphatic heterocycles. The summed E-state index contributed by atoms with van der Waals surface area (Å²) in [7, 11) is 0. The minimum Gasteiger partial charge on any atom is -0.357 e. The van der Waals surface area contributed by atoms with Crippen molar-refractivity contribution in [1.82, 2.24) is 24.7 Å². The van der Waals surface area contributed by atoms with Crippen molar-refractivity contribution in [2.75, 3.05) is 5.32 Å². The van der Waals surface area contributed by atoms with Gasteiger partial charge in [0.2, 0.25) is 0 Å². The van der Waals surface area contributed by atoms with Crippen LogP contribution in [0.2, 0.25) is 0 Å². The summed E-state index contributed by atoms with van der Waals surface area (Å²) in [5, 5.41) is 7.62. The molecule has 0 unspecified atom stereocenters. The molecule has 3 heterocycles. The van der Waals surface area contributed by atoms with Crippen LogP contribution in [0.5, 0.6) is 0 Å². The molecule has 0 spiro atoms. The molecule has 19 heavy (non-hydrogen) atoms. The van der Waals surface area contributed by atoms with E-state index in [2.05, 4.69) is 32.3 Å². The number of H-pyrrole nitrogens is 1. The van der Waals surface area contributed by atoms with Crippen molar-refractivity contribution in [3.63, 3.8) is 0 Å². The van der Waals surface area contributed by atoms with E-state index in [9.17, 15) is 0 Å². The molecule has 0 bridgehead atoms. The van der Waals surface area contributed by atoms with Gasteiger partial charge < -0.3 is 10.3 Å². The second kappa shape index (κ2) is 4.72. The highest BCUT2D eigenvalue weighted by Gasteiger charge is 2.09. The van der Waals surface area contributed by atoms with Crippen LogP contribution in [0.4, 0.5) is 11.6 Å². The molecular formula is C13H16N6. The van der Waals surface area contributed by atoms with E-state index >= 15 is 0 Å². The van der Waals surface area contributed by atoms with Crippen LogP contribution >= 0.6 is 0 Å². The zero-order valence-corrected chi connectivity index (χ0v) is 11.0. The quantitative estimate of drug-likeness (QED) is 0.752. The van der Waals surface area contributed by atoms with Gasteiger partial charge in [0, 0.05) is 18.8 Å². The first kappa shape index (κ1) is 11.7. The average molecular weight is 256 g/mol. The molecule has 0 aliphatic carbocycles. The van der Waals surface area contributed by atoms with Crippen LogP contribution in [0, 0.1) is 6.92 Å². The van der Waals surface area contributed by atoms with Crippen LogP contribution in [0.25, 0.3) is 11.0 Å². The van der Waals surface area contributed by atoms with E-state index in [1.165, 1.54) is 0 Å². The highest BCUT2D eigenvalue weighted by atomic mass is 15.3. The summed E-state index contributed by atoms with van der Waals surface area (Å²) in [6, 6.07) is 3.89. The number of anilines is 2. The van der Waals surface area contributed by atoms with Gasteiger partial charge in [-0.25, -0.2) is 14.6 Å². The highest BCUT2D eigenvalue weighted by Crippen LogP contribution is 2.22. The van der Waals surface area contributed by atoms with Crippen LogP contribution < -0.4 is 5.32 Å². The van der Waals surface area contributed by atoms with Crippen molar-refractivity contribution in [2.45, 2.75) is 26.8 Å². The molecule has 3 aromatic heterocycles. The van der Waals surface area contributed by atoms with Crippen LogP contribution in [-0.4, -0.2) is 24.7 Å². The van der Waals surface area contributed by atoms with E-state index in [0.717, 1.165) is 41.5 Å². The summed E-state index contributed by atoms with van der Waals surface area (Å²) in [5.41, 5.74) is 1.83. The van der Waals surface area contributed by atoms with Gasteiger partial charge >= 0.3 is 0 Å². The lowest BCUT2D eigenvalue weighted by molar-refractivity contribution is 0.610. The number of aromatic nitrogens is 5. The van der Waals surface area contributed by atoms with E-state index < -0.39 is 0 Å². The average Bonchev–Trinajstić information content (AvgIpc) is 2.99. The van der Waals surface area contributed by atoms with Crippen LogP contribution in [0.3, 0.4) is 0 Å². The predicted octanol–water partition coefficient (Wildman–Crippen LogP) is 2.62. The highest BCUT2D eigenvalue weighted by molar-refractivity contribution is 5.87. The third-order valence-electron chi connectivity index (χ3n) is 2.92. The van der Waals surface area contributed by atoms with Crippen molar-refractivity contribution in [3.8, 4) is 0 Å². The summed E-state index contributed by atoms with van der Waals surface area (Å²) in [4.78, 5) is 12.0. The second-order valence-electron chi connectivity index (χ2n) is 4.42. The third kappa shape index (κ3) is 2.16. The lowest BCUT2D eigenvalue weighted by Crippen LogP contribution is -2.06. The van der Waals surface area contributed by atoms with Gasteiger partial charge in [0.05, 0.1) is 11.7 Å². The van der Waals surface area contributed by atoms with E-state index in [1.54, 1.807) is 6.20 Å². The molecule has 0 saturated heterocycles. The van der Waals surface area contributed by atoms with E-state index in [0.29, 0.717) is 0 Å². The van der Waals surface area contributed by atoms with Crippen molar-refractivity contribution in [3.05, 3.63) is 30.4 Å². The summed E-state index contributed by atoms with van der Waals surface area (Å²) in [6.45, 7) is 4.90. The molecule has 0 radical (unpaired) electrons. The zero-order chi connectivity index (χ0) is 13.2. The van der Waals surface area contributed by atoms with Gasteiger partial charge in [0.25, 0.3) is 0 Å². The largest absolute Gasteiger partial charge is 0.357 e. The molecule has 3 rings (SSSR count). The van der Waals surface area contributed by atoms with Gasteiger partial charge in [-0.3, -0.25) is 0 Å². The van der Waals surface area contributed by atoms with E-state index in [1.807, 2.05) is 29.9 Å². The number of nitrogens with one attached hydrogen (secondary N) is 2. The number of hydrogen-bond donors (Lipinski definition) is 2. The van der Waals surface area contributed by atoms with Crippen molar-refractivity contribution >= 4 is 22.7 Å². The lowest BCUT2D eigenvalue weighted by atomic mass is 10.4. The number of fused-ring (bicyclic) bond motifs is 1. The molecule has 0 saturated carbocycles. The van der Waals surface area contributed by atoms with Crippen molar-refractivity contribution in [1.29, 1.82) is 0 Å². The Hall–Kier alpha value is -2.37. The van der Waals surface area contributed by atoms with Crippen LogP contribution in [0.15, 0.2) is 24.5 Å². The number of aryl methyl sites for hydroxylation is 2. The van der Waals surface area contributed by atoms with Gasteiger partial charge in [-0.05, 0) is 19.4 Å². The Balaban J connectivity index is 2.00. The molecule has 6 heteroatoms. The number of nitrogens with zero attached hydrogens (tertiary/aromatic N) is 4. The number of rotatable bonds is 4. The zero-order valence-electron chi connectivity index (χ0n) is 11.0. The maximum atomic E-state index is 4.46. The van der Waals surface area contributed by atoms with E-state index in [-0.39, 0.29) is 0 Å². The van der Waals surface area contributed by atoms with Crippen molar-refractivity contribution < 1.29 is 0 Å². The maximum absolute atomic E-state index is 4.46. The third-order valence-corrected chi connectivity index (χ3v) is 2.92. The Morgan fingerprint density at radius 2 is 2.21 bits per heavy atom. The molecule has 98 valence electrons. The molecule has 3 aromatic rings. The molecule has 0 atom stereocenters. The molecule has 0 aliphatic rings. The van der Waals surface area contributed by atoms with Gasteiger partial charge in [-0.15, -0.1) is 0 Å². The van der Waals surface area contributed by atoms with Gasteiger partial charge in [-0.2, -0.15) is 5.10 Å². The number of hydrogen-bond acceptors (Lipinski definition) is 4. The molecule has 2 N–H and O–H groups in total. The Morgan fingerprint density at radius 3 is 3.05 bits per heavy atom. The first-order valence-electron chi connectivity index (χ1n) is 6.38. The van der Waals surface area contributed by atoms with E-state index in [4.69, 9.17) is 0 Å². The molecular weight excluding hydrogens is 240 g/mol. The minimum absolute atomic E-state index is 0.746. The number of aromatic amines is 1. The monoisotopic (exact) mass is 256 g/mol. The summed E-state index contributed by atoms with van der Waals surface area (Å²) < 4.78 is 1.94. The standard InChI is InChI=1S/C13H16N6/c1-3-8-19-11(5-7-15-19)18-13-12-10(4-6-14-12)16-9(2)17-13/h4-7,14H,3,8H2,1-2H3,(H,16,17,18). The van der Waals surface area contributed by atoms with Crippen molar-refractivity contribution in [2.24, 2.45) is 0 Å². The Labute approximate surface area is 110 Å². The first-order chi connectivity index (χ1) is 9.28.